The number of hydrogen-bond acceptors (Lipinski definition) is 4. The fourth-order valence-corrected chi connectivity index (χ4v) is 2.43. The summed E-state index contributed by atoms with van der Waals surface area (Å²) in [6.45, 7) is 4.22. The van der Waals surface area contributed by atoms with Crippen LogP contribution in [0.3, 0.4) is 0 Å². The number of aromatic nitrogens is 1. The molecule has 0 unspecified atom stereocenters. The summed E-state index contributed by atoms with van der Waals surface area (Å²) in [7, 11) is 0. The van der Waals surface area contributed by atoms with Crippen molar-refractivity contribution in [3.05, 3.63) is 59.4 Å². The van der Waals surface area contributed by atoms with E-state index in [1.807, 2.05) is 38.1 Å². The van der Waals surface area contributed by atoms with Crippen molar-refractivity contribution in [1.82, 2.24) is 10.3 Å². The van der Waals surface area contributed by atoms with Gasteiger partial charge in [0.05, 0.1) is 6.42 Å². The number of nitrogens with zero attached hydrogens (tertiary/aromatic N) is 1. The molecule has 24 heavy (non-hydrogen) atoms. The largest absolute Gasteiger partial charge is 0.480 e. The van der Waals surface area contributed by atoms with Gasteiger partial charge in [0, 0.05) is 24.6 Å². The standard InChI is InChI=1S/C18H21N3O3/c1-12-6-13(2)8-15(7-12)21-17(22)9-16(18(23)24)20-11-14-4-3-5-19-10-14/h3-8,10,16,20H,9,11H2,1-2H3,(H,21,22)(H,23,24)/t16-/m1/s1. The molecule has 0 bridgehead atoms. The minimum Gasteiger partial charge on any atom is -0.480 e. The third kappa shape index (κ3) is 5.48. The topological polar surface area (TPSA) is 91.3 Å². The van der Waals surface area contributed by atoms with Crippen LogP contribution in [0.4, 0.5) is 5.69 Å². The second-order valence-electron chi connectivity index (χ2n) is 5.76. The van der Waals surface area contributed by atoms with Crippen molar-refractivity contribution in [2.75, 3.05) is 5.32 Å². The van der Waals surface area contributed by atoms with Crippen molar-refractivity contribution < 1.29 is 14.7 Å². The van der Waals surface area contributed by atoms with Crippen LogP contribution in [0.25, 0.3) is 0 Å². The maximum Gasteiger partial charge on any atom is 0.321 e. The number of carboxylic acid groups (broad SMARTS) is 1. The molecule has 0 aliphatic carbocycles. The minimum atomic E-state index is -1.06. The van der Waals surface area contributed by atoms with Gasteiger partial charge in [-0.1, -0.05) is 12.1 Å². The van der Waals surface area contributed by atoms with E-state index in [2.05, 4.69) is 15.6 Å². The molecule has 0 spiro atoms. The van der Waals surface area contributed by atoms with Gasteiger partial charge >= 0.3 is 5.97 Å². The first-order valence-electron chi connectivity index (χ1n) is 7.67. The molecule has 1 aromatic heterocycles. The number of carboxylic acids is 1. The molecule has 1 aromatic carbocycles. The average molecular weight is 327 g/mol. The molecular formula is C18H21N3O3. The fraction of sp³-hybridized carbons (Fsp3) is 0.278. The Kier molecular flexibility index (Phi) is 6.03. The van der Waals surface area contributed by atoms with Crippen molar-refractivity contribution in [3.8, 4) is 0 Å². The van der Waals surface area contributed by atoms with Crippen LogP contribution in [-0.4, -0.2) is 28.0 Å². The molecule has 126 valence electrons. The first kappa shape index (κ1) is 17.6. The zero-order chi connectivity index (χ0) is 17.5. The number of pyridine rings is 1. The summed E-state index contributed by atoms with van der Waals surface area (Å²) < 4.78 is 0. The second kappa shape index (κ2) is 8.21. The summed E-state index contributed by atoms with van der Waals surface area (Å²) in [5, 5.41) is 14.9. The molecule has 3 N–H and O–H groups in total. The Balaban J connectivity index is 1.94. The SMILES string of the molecule is Cc1cc(C)cc(NC(=O)C[C@@H](NCc2cccnc2)C(=O)O)c1. The number of benzene rings is 1. The third-order valence-corrected chi connectivity index (χ3v) is 3.47. The van der Waals surface area contributed by atoms with Crippen molar-refractivity contribution in [2.24, 2.45) is 0 Å². The number of carbonyl (C=O) groups is 2. The van der Waals surface area contributed by atoms with E-state index in [1.54, 1.807) is 18.5 Å². The molecule has 0 aliphatic heterocycles. The number of nitrogens with one attached hydrogen (secondary N) is 2. The average Bonchev–Trinajstić information content (AvgIpc) is 2.51. The van der Waals surface area contributed by atoms with E-state index in [9.17, 15) is 14.7 Å². The molecule has 0 fully saturated rings. The van der Waals surface area contributed by atoms with Crippen molar-refractivity contribution >= 4 is 17.6 Å². The van der Waals surface area contributed by atoms with Gasteiger partial charge in [-0.05, 0) is 48.7 Å². The fourth-order valence-electron chi connectivity index (χ4n) is 2.43. The summed E-state index contributed by atoms with van der Waals surface area (Å²) in [5.74, 6) is -1.40. The third-order valence-electron chi connectivity index (χ3n) is 3.47. The summed E-state index contributed by atoms with van der Waals surface area (Å²) in [4.78, 5) is 27.5. The Bertz CT molecular complexity index is 696. The van der Waals surface area contributed by atoms with Gasteiger partial charge in [0.2, 0.25) is 5.91 Å². The number of aryl methyl sites for hydroxylation is 2. The lowest BCUT2D eigenvalue weighted by Gasteiger charge is -2.15. The van der Waals surface area contributed by atoms with Gasteiger partial charge in [0.25, 0.3) is 0 Å². The summed E-state index contributed by atoms with van der Waals surface area (Å²) in [5.41, 5.74) is 3.61. The van der Waals surface area contributed by atoms with E-state index in [0.717, 1.165) is 16.7 Å². The monoisotopic (exact) mass is 327 g/mol. The Hall–Kier alpha value is -2.73. The minimum absolute atomic E-state index is 0.150. The summed E-state index contributed by atoms with van der Waals surface area (Å²) in [6.07, 6.45) is 3.15. The lowest BCUT2D eigenvalue weighted by Crippen LogP contribution is -2.39. The van der Waals surface area contributed by atoms with E-state index in [4.69, 9.17) is 0 Å². The van der Waals surface area contributed by atoms with Crippen LogP contribution in [-0.2, 0) is 16.1 Å². The number of hydrogen-bond donors (Lipinski definition) is 3. The number of anilines is 1. The molecule has 6 nitrogen and oxygen atoms in total. The molecule has 0 saturated heterocycles. The van der Waals surface area contributed by atoms with Crippen LogP contribution >= 0.6 is 0 Å². The predicted octanol–water partition coefficient (Wildman–Crippen LogP) is 2.27. The molecule has 1 heterocycles. The molecule has 1 amide bonds. The van der Waals surface area contributed by atoms with E-state index in [0.29, 0.717) is 12.2 Å². The lowest BCUT2D eigenvalue weighted by atomic mass is 10.1. The summed E-state index contributed by atoms with van der Waals surface area (Å²) >= 11 is 0. The van der Waals surface area contributed by atoms with Crippen LogP contribution in [0.15, 0.2) is 42.7 Å². The van der Waals surface area contributed by atoms with Crippen LogP contribution in [0.2, 0.25) is 0 Å². The molecule has 1 atom stereocenters. The van der Waals surface area contributed by atoms with Crippen LogP contribution < -0.4 is 10.6 Å². The first-order valence-corrected chi connectivity index (χ1v) is 7.67. The number of carbonyl (C=O) groups excluding carboxylic acids is 1. The Morgan fingerprint density at radius 1 is 1.21 bits per heavy atom. The maximum absolute atomic E-state index is 12.1. The highest BCUT2D eigenvalue weighted by Crippen LogP contribution is 2.14. The highest BCUT2D eigenvalue weighted by molar-refractivity contribution is 5.94. The van der Waals surface area contributed by atoms with E-state index < -0.39 is 12.0 Å². The zero-order valence-corrected chi connectivity index (χ0v) is 13.7. The van der Waals surface area contributed by atoms with E-state index >= 15 is 0 Å². The molecular weight excluding hydrogens is 306 g/mol. The second-order valence-corrected chi connectivity index (χ2v) is 5.76. The number of amides is 1. The highest BCUT2D eigenvalue weighted by Gasteiger charge is 2.20. The van der Waals surface area contributed by atoms with Gasteiger partial charge in [-0.3, -0.25) is 19.9 Å². The zero-order valence-electron chi connectivity index (χ0n) is 13.7. The Morgan fingerprint density at radius 2 is 1.92 bits per heavy atom. The quantitative estimate of drug-likeness (QED) is 0.725. The molecule has 0 saturated carbocycles. The molecule has 0 aliphatic rings. The van der Waals surface area contributed by atoms with Gasteiger partial charge in [0.1, 0.15) is 6.04 Å². The highest BCUT2D eigenvalue weighted by atomic mass is 16.4. The first-order chi connectivity index (χ1) is 11.4. The van der Waals surface area contributed by atoms with Crippen LogP contribution in [0.1, 0.15) is 23.1 Å². The Labute approximate surface area is 140 Å². The van der Waals surface area contributed by atoms with Gasteiger partial charge in [-0.25, -0.2) is 0 Å². The van der Waals surface area contributed by atoms with Gasteiger partial charge in [-0.2, -0.15) is 0 Å². The summed E-state index contributed by atoms with van der Waals surface area (Å²) in [6, 6.07) is 8.36. The molecule has 2 aromatic rings. The maximum atomic E-state index is 12.1. The van der Waals surface area contributed by atoms with Crippen molar-refractivity contribution in [2.45, 2.75) is 32.9 Å². The normalized spacial score (nSPS) is 11.8. The Morgan fingerprint density at radius 3 is 2.50 bits per heavy atom. The number of aliphatic carboxylic acids is 1. The predicted molar refractivity (Wildman–Crippen MR) is 91.7 cm³/mol. The molecule has 6 heteroatoms. The van der Waals surface area contributed by atoms with Crippen molar-refractivity contribution in [1.29, 1.82) is 0 Å². The van der Waals surface area contributed by atoms with Crippen LogP contribution in [0.5, 0.6) is 0 Å². The van der Waals surface area contributed by atoms with Gasteiger partial charge in [-0.15, -0.1) is 0 Å². The van der Waals surface area contributed by atoms with Gasteiger partial charge in [0.15, 0.2) is 0 Å². The van der Waals surface area contributed by atoms with E-state index in [1.165, 1.54) is 0 Å². The molecule has 0 radical (unpaired) electrons. The lowest BCUT2D eigenvalue weighted by molar-refractivity contribution is -0.141. The van der Waals surface area contributed by atoms with Crippen molar-refractivity contribution in [3.63, 3.8) is 0 Å². The van der Waals surface area contributed by atoms with Crippen LogP contribution in [0, 0.1) is 13.8 Å². The smallest absolute Gasteiger partial charge is 0.321 e. The van der Waals surface area contributed by atoms with E-state index in [-0.39, 0.29) is 12.3 Å². The number of rotatable bonds is 7. The van der Waals surface area contributed by atoms with Gasteiger partial charge < -0.3 is 10.4 Å². The molecule has 2 rings (SSSR count).